The molecule has 2 rings (SSSR count). The highest BCUT2D eigenvalue weighted by molar-refractivity contribution is 5.89. The first-order valence-electron chi connectivity index (χ1n) is 8.92. The lowest BCUT2D eigenvalue weighted by atomic mass is 10.2. The molecule has 2 aromatic rings. The Hall–Kier alpha value is -3.02. The van der Waals surface area contributed by atoms with Crippen molar-refractivity contribution in [1.82, 2.24) is 5.32 Å². The number of para-hydroxylation sites is 1. The van der Waals surface area contributed by atoms with Crippen molar-refractivity contribution in [2.75, 3.05) is 20.3 Å². The molecule has 27 heavy (non-hydrogen) atoms. The summed E-state index contributed by atoms with van der Waals surface area (Å²) in [7, 11) is 1.59. The Morgan fingerprint density at radius 1 is 1.04 bits per heavy atom. The average Bonchev–Trinajstić information content (AvgIpc) is 2.71. The van der Waals surface area contributed by atoms with Crippen LogP contribution in [-0.2, 0) is 16.1 Å². The minimum Gasteiger partial charge on any atom is -0.496 e. The third-order valence-electron chi connectivity index (χ3n) is 3.86. The molecular formula is C21H25NO5. The lowest BCUT2D eigenvalue weighted by molar-refractivity contribution is -0.123. The van der Waals surface area contributed by atoms with Gasteiger partial charge in [0.1, 0.15) is 11.5 Å². The number of benzene rings is 2. The summed E-state index contributed by atoms with van der Waals surface area (Å²) in [6.45, 7) is 2.69. The van der Waals surface area contributed by atoms with Gasteiger partial charge in [-0.05, 0) is 36.8 Å². The van der Waals surface area contributed by atoms with Gasteiger partial charge in [-0.1, -0.05) is 31.5 Å². The number of esters is 1. The van der Waals surface area contributed by atoms with Gasteiger partial charge in [0.15, 0.2) is 6.61 Å². The van der Waals surface area contributed by atoms with Crippen molar-refractivity contribution in [2.45, 2.75) is 26.3 Å². The van der Waals surface area contributed by atoms with Gasteiger partial charge in [0.05, 0.1) is 19.3 Å². The van der Waals surface area contributed by atoms with E-state index in [-0.39, 0.29) is 18.5 Å². The predicted molar refractivity (Wildman–Crippen MR) is 102 cm³/mol. The first-order valence-corrected chi connectivity index (χ1v) is 8.92. The van der Waals surface area contributed by atoms with Crippen molar-refractivity contribution in [3.63, 3.8) is 0 Å². The Bertz CT molecular complexity index is 742. The summed E-state index contributed by atoms with van der Waals surface area (Å²) < 4.78 is 15.8. The lowest BCUT2D eigenvalue weighted by Crippen LogP contribution is -2.28. The van der Waals surface area contributed by atoms with Crippen LogP contribution >= 0.6 is 0 Å². The van der Waals surface area contributed by atoms with Gasteiger partial charge in [-0.25, -0.2) is 4.79 Å². The Morgan fingerprint density at radius 3 is 2.48 bits per heavy atom. The molecule has 0 bridgehead atoms. The summed E-state index contributed by atoms with van der Waals surface area (Å²) in [5.41, 5.74) is 1.35. The molecule has 0 radical (unpaired) electrons. The van der Waals surface area contributed by atoms with E-state index in [9.17, 15) is 9.59 Å². The third kappa shape index (κ3) is 6.66. The molecule has 0 unspecified atom stereocenters. The minimum absolute atomic E-state index is 0.116. The van der Waals surface area contributed by atoms with E-state index in [4.69, 9.17) is 14.2 Å². The van der Waals surface area contributed by atoms with Crippen molar-refractivity contribution in [3.8, 4) is 11.5 Å². The summed E-state index contributed by atoms with van der Waals surface area (Å²) in [5.74, 6) is 0.626. The highest BCUT2D eigenvalue weighted by Gasteiger charge is 2.08. The molecule has 2 aromatic carbocycles. The van der Waals surface area contributed by atoms with Gasteiger partial charge in [-0.15, -0.1) is 0 Å². The van der Waals surface area contributed by atoms with Gasteiger partial charge < -0.3 is 19.5 Å². The summed E-state index contributed by atoms with van der Waals surface area (Å²) in [5, 5.41) is 2.78. The second-order valence-corrected chi connectivity index (χ2v) is 5.89. The van der Waals surface area contributed by atoms with E-state index < -0.39 is 0 Å². The van der Waals surface area contributed by atoms with Crippen LogP contribution in [0, 0.1) is 0 Å². The van der Waals surface area contributed by atoms with Crippen molar-refractivity contribution < 1.29 is 23.8 Å². The number of hydrogen-bond donors (Lipinski definition) is 1. The predicted octanol–water partition coefficient (Wildman–Crippen LogP) is 3.35. The smallest absolute Gasteiger partial charge is 0.338 e. The number of carbonyl (C=O) groups excluding carboxylic acids is 2. The topological polar surface area (TPSA) is 73.9 Å². The van der Waals surface area contributed by atoms with Crippen LogP contribution in [0.1, 0.15) is 35.7 Å². The number of rotatable bonds is 10. The molecule has 0 atom stereocenters. The zero-order valence-corrected chi connectivity index (χ0v) is 15.7. The van der Waals surface area contributed by atoms with E-state index in [0.717, 1.165) is 24.2 Å². The highest BCUT2D eigenvalue weighted by atomic mass is 16.5. The molecule has 0 aliphatic carbocycles. The maximum atomic E-state index is 12.0. The van der Waals surface area contributed by atoms with E-state index in [2.05, 4.69) is 5.32 Å². The SMILES string of the molecule is CCCCOC(=O)c1ccc(OCC(=O)NCc2ccccc2OC)cc1. The number of unbranched alkanes of at least 4 members (excludes halogenated alkanes) is 1. The van der Waals surface area contributed by atoms with Crippen LogP contribution in [0.4, 0.5) is 0 Å². The van der Waals surface area contributed by atoms with E-state index in [0.29, 0.717) is 24.5 Å². The number of methoxy groups -OCH3 is 1. The fourth-order valence-corrected chi connectivity index (χ4v) is 2.32. The van der Waals surface area contributed by atoms with Crippen LogP contribution in [0.15, 0.2) is 48.5 Å². The molecule has 144 valence electrons. The van der Waals surface area contributed by atoms with Crippen molar-refractivity contribution in [3.05, 3.63) is 59.7 Å². The Morgan fingerprint density at radius 2 is 1.78 bits per heavy atom. The average molecular weight is 371 g/mol. The molecule has 0 saturated heterocycles. The quantitative estimate of drug-likeness (QED) is 0.512. The minimum atomic E-state index is -0.357. The zero-order valence-electron chi connectivity index (χ0n) is 15.7. The van der Waals surface area contributed by atoms with Crippen molar-refractivity contribution >= 4 is 11.9 Å². The van der Waals surface area contributed by atoms with Crippen LogP contribution in [0.3, 0.4) is 0 Å². The summed E-state index contributed by atoms with van der Waals surface area (Å²) in [4.78, 5) is 23.8. The summed E-state index contributed by atoms with van der Waals surface area (Å²) in [6, 6.07) is 14.0. The first kappa shape index (κ1) is 20.3. The second kappa shape index (κ2) is 10.9. The van der Waals surface area contributed by atoms with Gasteiger partial charge in [0.2, 0.25) is 0 Å². The highest BCUT2D eigenvalue weighted by Crippen LogP contribution is 2.17. The fourth-order valence-electron chi connectivity index (χ4n) is 2.32. The molecule has 0 aliphatic rings. The maximum absolute atomic E-state index is 12.0. The molecule has 0 heterocycles. The normalized spacial score (nSPS) is 10.1. The summed E-state index contributed by atoms with van der Waals surface area (Å²) >= 11 is 0. The van der Waals surface area contributed by atoms with Crippen LogP contribution in [0.2, 0.25) is 0 Å². The van der Waals surface area contributed by atoms with Crippen molar-refractivity contribution in [1.29, 1.82) is 0 Å². The maximum Gasteiger partial charge on any atom is 0.338 e. The largest absolute Gasteiger partial charge is 0.496 e. The monoisotopic (exact) mass is 371 g/mol. The Balaban J connectivity index is 1.77. The molecule has 1 amide bonds. The van der Waals surface area contributed by atoms with Gasteiger partial charge >= 0.3 is 5.97 Å². The molecule has 0 saturated carbocycles. The number of ether oxygens (including phenoxy) is 3. The number of amides is 1. The number of nitrogens with one attached hydrogen (secondary N) is 1. The molecule has 0 fully saturated rings. The number of hydrogen-bond acceptors (Lipinski definition) is 5. The van der Waals surface area contributed by atoms with Gasteiger partial charge in [-0.2, -0.15) is 0 Å². The molecule has 0 spiro atoms. The van der Waals surface area contributed by atoms with Gasteiger partial charge in [0.25, 0.3) is 5.91 Å². The van der Waals surface area contributed by atoms with Crippen LogP contribution in [0.25, 0.3) is 0 Å². The van der Waals surface area contributed by atoms with Crippen LogP contribution < -0.4 is 14.8 Å². The molecule has 0 aliphatic heterocycles. The first-order chi connectivity index (χ1) is 13.1. The van der Waals surface area contributed by atoms with Gasteiger partial charge in [0, 0.05) is 12.1 Å². The molecule has 6 nitrogen and oxygen atoms in total. The van der Waals surface area contributed by atoms with Crippen LogP contribution in [-0.4, -0.2) is 32.2 Å². The molecule has 6 heteroatoms. The fraction of sp³-hybridized carbons (Fsp3) is 0.333. The van der Waals surface area contributed by atoms with Crippen LogP contribution in [0.5, 0.6) is 11.5 Å². The third-order valence-corrected chi connectivity index (χ3v) is 3.86. The van der Waals surface area contributed by atoms with Crippen molar-refractivity contribution in [2.24, 2.45) is 0 Å². The molecule has 0 aromatic heterocycles. The van der Waals surface area contributed by atoms with Gasteiger partial charge in [-0.3, -0.25) is 4.79 Å². The molecule has 1 N–H and O–H groups in total. The van der Waals surface area contributed by atoms with E-state index in [1.165, 1.54) is 0 Å². The molecular weight excluding hydrogens is 346 g/mol. The van der Waals surface area contributed by atoms with E-state index in [1.807, 2.05) is 31.2 Å². The van der Waals surface area contributed by atoms with E-state index in [1.54, 1.807) is 31.4 Å². The zero-order chi connectivity index (χ0) is 19.5. The lowest BCUT2D eigenvalue weighted by Gasteiger charge is -2.10. The number of carbonyl (C=O) groups is 2. The standard InChI is InChI=1S/C21H25NO5/c1-3-4-13-26-21(24)16-9-11-18(12-10-16)27-15-20(23)22-14-17-7-5-6-8-19(17)25-2/h5-12H,3-4,13-15H2,1-2H3,(H,22,23). The Kier molecular flexibility index (Phi) is 8.16. The summed E-state index contributed by atoms with van der Waals surface area (Å²) in [6.07, 6.45) is 1.82. The van der Waals surface area contributed by atoms with E-state index >= 15 is 0 Å². The second-order valence-electron chi connectivity index (χ2n) is 5.89. The Labute approximate surface area is 159 Å².